The van der Waals surface area contributed by atoms with Gasteiger partial charge in [0.15, 0.2) is 19.7 Å². The Morgan fingerprint density at radius 3 is 1.40 bits per heavy atom. The average Bonchev–Trinajstić information content (AvgIpc) is 2.26. The van der Waals surface area contributed by atoms with Crippen LogP contribution < -0.4 is 0 Å². The lowest BCUT2D eigenvalue weighted by molar-refractivity contribution is 0.302. The van der Waals surface area contributed by atoms with Crippen molar-refractivity contribution in [3.63, 3.8) is 0 Å². The summed E-state index contributed by atoms with van der Waals surface area (Å²) < 4.78 is 47.3. The van der Waals surface area contributed by atoms with Gasteiger partial charge in [0.05, 0.1) is 14.5 Å². The second-order valence-electron chi connectivity index (χ2n) is 6.51. The summed E-state index contributed by atoms with van der Waals surface area (Å²) in [5.41, 5.74) is -0.443. The first kappa shape index (κ1) is 17.2. The minimum atomic E-state index is -3.55. The summed E-state index contributed by atoms with van der Waals surface area (Å²) in [4.78, 5) is 0.259. The van der Waals surface area contributed by atoms with Crippen molar-refractivity contribution in [2.45, 2.75) is 49.2 Å². The van der Waals surface area contributed by atoms with E-state index in [9.17, 15) is 16.8 Å². The highest BCUT2D eigenvalue weighted by molar-refractivity contribution is 7.93. The molecule has 0 spiro atoms. The quantitative estimate of drug-likeness (QED) is 0.859. The van der Waals surface area contributed by atoms with E-state index in [1.807, 2.05) is 20.8 Å². The molecule has 0 amide bonds. The summed E-state index contributed by atoms with van der Waals surface area (Å²) in [6.45, 7) is 8.99. The van der Waals surface area contributed by atoms with Gasteiger partial charge in [-0.1, -0.05) is 20.8 Å². The van der Waals surface area contributed by atoms with E-state index in [0.29, 0.717) is 0 Å². The molecule has 0 N–H and O–H groups in total. The third-order valence-corrected chi connectivity index (χ3v) is 8.02. The molecule has 0 saturated carbocycles. The molecule has 0 bridgehead atoms. The van der Waals surface area contributed by atoms with E-state index in [1.54, 1.807) is 13.8 Å². The molecular formula is C14H22O4S2. The Morgan fingerprint density at radius 1 is 0.750 bits per heavy atom. The highest BCUT2D eigenvalue weighted by Gasteiger charge is 2.45. The Kier molecular flexibility index (Phi) is 4.16. The van der Waals surface area contributed by atoms with Gasteiger partial charge < -0.3 is 0 Å². The first-order chi connectivity index (χ1) is 8.71. The predicted octanol–water partition coefficient (Wildman–Crippen LogP) is 2.69. The molecule has 0 aromatic heterocycles. The van der Waals surface area contributed by atoms with E-state index in [1.165, 1.54) is 24.3 Å². The maximum atomic E-state index is 12.7. The number of hydrogen-bond acceptors (Lipinski definition) is 4. The van der Waals surface area contributed by atoms with Crippen molar-refractivity contribution in [3.8, 4) is 0 Å². The molecule has 0 unspecified atom stereocenters. The van der Waals surface area contributed by atoms with Crippen molar-refractivity contribution < 1.29 is 16.8 Å². The summed E-state index contributed by atoms with van der Waals surface area (Å²) in [6, 6.07) is 5.39. The molecule has 20 heavy (non-hydrogen) atoms. The number of hydrogen-bond donors (Lipinski definition) is 0. The van der Waals surface area contributed by atoms with Crippen LogP contribution in [0.1, 0.15) is 34.6 Å². The lowest BCUT2D eigenvalue weighted by Gasteiger charge is -2.38. The maximum absolute atomic E-state index is 12.7. The van der Waals surface area contributed by atoms with Crippen LogP contribution in [0.3, 0.4) is 0 Å². The van der Waals surface area contributed by atoms with Gasteiger partial charge >= 0.3 is 0 Å². The van der Waals surface area contributed by atoms with Gasteiger partial charge in [-0.25, -0.2) is 16.8 Å². The third kappa shape index (κ3) is 2.91. The zero-order valence-corrected chi connectivity index (χ0v) is 14.4. The van der Waals surface area contributed by atoms with Gasteiger partial charge in [-0.2, -0.15) is 0 Å². The van der Waals surface area contributed by atoms with Crippen molar-refractivity contribution in [1.29, 1.82) is 0 Å². The lowest BCUT2D eigenvalue weighted by atomic mass is 9.83. The molecule has 114 valence electrons. The average molecular weight is 318 g/mol. The molecule has 1 aromatic rings. The first-order valence-electron chi connectivity index (χ1n) is 6.26. The van der Waals surface area contributed by atoms with Gasteiger partial charge in [0.1, 0.15) is 0 Å². The smallest absolute Gasteiger partial charge is 0.184 e. The molecule has 6 heteroatoms. The van der Waals surface area contributed by atoms with E-state index < -0.39 is 29.8 Å². The van der Waals surface area contributed by atoms with Crippen molar-refractivity contribution in [3.05, 3.63) is 24.3 Å². The Hall–Kier alpha value is -0.880. The SMILES string of the molecule is CC(C)(C)C(C)(C)S(=O)(=O)c1ccc(S(C)(=O)=O)cc1. The molecule has 1 aromatic carbocycles. The molecule has 0 aliphatic carbocycles. The van der Waals surface area contributed by atoms with Crippen LogP contribution in [0.2, 0.25) is 0 Å². The number of rotatable bonds is 3. The molecule has 0 fully saturated rings. The monoisotopic (exact) mass is 318 g/mol. The van der Waals surface area contributed by atoms with Gasteiger partial charge in [0.2, 0.25) is 0 Å². The fourth-order valence-corrected chi connectivity index (χ4v) is 4.08. The van der Waals surface area contributed by atoms with Gasteiger partial charge in [0.25, 0.3) is 0 Å². The topological polar surface area (TPSA) is 68.3 Å². The highest BCUT2D eigenvalue weighted by atomic mass is 32.2. The van der Waals surface area contributed by atoms with Crippen LogP contribution in [0.5, 0.6) is 0 Å². The maximum Gasteiger partial charge on any atom is 0.184 e. The Morgan fingerprint density at radius 2 is 1.10 bits per heavy atom. The van der Waals surface area contributed by atoms with Gasteiger partial charge in [0, 0.05) is 6.26 Å². The zero-order chi connectivity index (χ0) is 16.0. The van der Waals surface area contributed by atoms with Crippen molar-refractivity contribution in [1.82, 2.24) is 0 Å². The molecule has 0 radical (unpaired) electrons. The Bertz CT molecular complexity index is 689. The van der Waals surface area contributed by atoms with E-state index in [0.717, 1.165) is 6.26 Å². The summed E-state index contributed by atoms with van der Waals surface area (Å²) in [6.07, 6.45) is 1.09. The summed E-state index contributed by atoms with van der Waals surface area (Å²) in [7, 11) is -6.88. The molecule has 4 nitrogen and oxygen atoms in total. The third-order valence-electron chi connectivity index (χ3n) is 4.04. The molecule has 0 aliphatic heterocycles. The zero-order valence-electron chi connectivity index (χ0n) is 12.8. The minimum Gasteiger partial charge on any atom is -0.224 e. The van der Waals surface area contributed by atoms with Crippen molar-refractivity contribution in [2.75, 3.05) is 6.26 Å². The first-order valence-corrected chi connectivity index (χ1v) is 9.63. The summed E-state index contributed by atoms with van der Waals surface area (Å²) >= 11 is 0. The second-order valence-corrected chi connectivity index (χ2v) is 11.0. The van der Waals surface area contributed by atoms with Crippen LogP contribution >= 0.6 is 0 Å². The fraction of sp³-hybridized carbons (Fsp3) is 0.571. The van der Waals surface area contributed by atoms with Crippen LogP contribution in [0.4, 0.5) is 0 Å². The van der Waals surface area contributed by atoms with Crippen LogP contribution in [-0.2, 0) is 19.7 Å². The van der Waals surface area contributed by atoms with E-state index in [-0.39, 0.29) is 9.79 Å². The Balaban J connectivity index is 3.39. The molecule has 1 rings (SSSR count). The van der Waals surface area contributed by atoms with E-state index in [2.05, 4.69) is 0 Å². The second kappa shape index (κ2) is 4.84. The Labute approximate surface area is 122 Å². The fourth-order valence-electron chi connectivity index (χ4n) is 1.56. The van der Waals surface area contributed by atoms with Crippen LogP contribution in [-0.4, -0.2) is 27.8 Å². The normalized spacial score (nSPS) is 14.3. The molecule has 0 saturated heterocycles. The van der Waals surface area contributed by atoms with Gasteiger partial charge in [-0.3, -0.25) is 0 Å². The predicted molar refractivity (Wildman–Crippen MR) is 80.3 cm³/mol. The van der Waals surface area contributed by atoms with Crippen LogP contribution in [0, 0.1) is 5.41 Å². The highest BCUT2D eigenvalue weighted by Crippen LogP contribution is 2.40. The lowest BCUT2D eigenvalue weighted by Crippen LogP contribution is -2.44. The summed E-state index contributed by atoms with van der Waals surface area (Å²) in [5.74, 6) is 0. The largest absolute Gasteiger partial charge is 0.224 e. The van der Waals surface area contributed by atoms with E-state index >= 15 is 0 Å². The van der Waals surface area contributed by atoms with Crippen molar-refractivity contribution in [2.24, 2.45) is 5.41 Å². The van der Waals surface area contributed by atoms with Crippen molar-refractivity contribution >= 4 is 19.7 Å². The minimum absolute atomic E-state index is 0.116. The molecule has 0 atom stereocenters. The van der Waals surface area contributed by atoms with E-state index in [4.69, 9.17) is 0 Å². The van der Waals surface area contributed by atoms with Crippen LogP contribution in [0.15, 0.2) is 34.1 Å². The summed E-state index contributed by atoms with van der Waals surface area (Å²) in [5, 5.41) is 0. The molecule has 0 aliphatic rings. The standard InChI is InChI=1S/C14H22O4S2/c1-13(2,3)14(4,5)20(17,18)12-9-7-11(8-10-12)19(6,15)16/h7-10H,1-6H3. The number of benzene rings is 1. The van der Waals surface area contributed by atoms with Crippen LogP contribution in [0.25, 0.3) is 0 Å². The van der Waals surface area contributed by atoms with Gasteiger partial charge in [-0.15, -0.1) is 0 Å². The number of sulfone groups is 2. The van der Waals surface area contributed by atoms with Gasteiger partial charge in [-0.05, 0) is 43.5 Å². The molecule has 0 heterocycles. The molecular weight excluding hydrogens is 296 g/mol.